The molecule has 2 N–H and O–H groups in total. The van der Waals surface area contributed by atoms with Gasteiger partial charge in [-0.05, 0) is 97.5 Å². The standard InChI is InChI=1S/C43H31Cl2F3N4O7/c1-20(53)21-2-8-27(9-3-21)51-38(55)30-12-11-29-31(35(30)40(51)57)17-32-39(56)52(50-37-33(45)16-25(18-49-37)43(46,47)48)41(58)42(32,24-4-6-26(44)7-5-24)36(29)23-14-22-15-28(54)10-13-34(22)59-19-23/h2-11,13,15-16,18-19,30-32,35-36,54H,12,14,17H2,1H3,(H,49,50). The second-order valence-electron chi connectivity index (χ2n) is 15.3. The van der Waals surface area contributed by atoms with Crippen molar-refractivity contribution in [3.05, 3.63) is 135 Å². The van der Waals surface area contributed by atoms with Crippen LogP contribution in [0.5, 0.6) is 11.5 Å². The van der Waals surface area contributed by atoms with E-state index >= 15 is 4.79 Å². The molecule has 0 radical (unpaired) electrons. The molecule has 0 bridgehead atoms. The number of ketones is 1. The highest BCUT2D eigenvalue weighted by Gasteiger charge is 2.71. The van der Waals surface area contributed by atoms with Crippen molar-refractivity contribution in [3.63, 3.8) is 0 Å². The third-order valence-corrected chi connectivity index (χ3v) is 12.8. The van der Waals surface area contributed by atoms with Gasteiger partial charge in [-0.3, -0.25) is 34.3 Å². The summed E-state index contributed by atoms with van der Waals surface area (Å²) in [7, 11) is 0. The third-order valence-electron chi connectivity index (χ3n) is 12.2. The number of carbonyl (C=O) groups is 5. The molecule has 9 rings (SSSR count). The van der Waals surface area contributed by atoms with Gasteiger partial charge in [0.25, 0.3) is 11.8 Å². The maximum absolute atomic E-state index is 15.5. The minimum Gasteiger partial charge on any atom is -0.508 e. The minimum atomic E-state index is -4.77. The number of anilines is 2. The monoisotopic (exact) mass is 842 g/mol. The molecule has 59 heavy (non-hydrogen) atoms. The number of alkyl halides is 3. The summed E-state index contributed by atoms with van der Waals surface area (Å²) in [5, 5.41) is 11.0. The molecule has 5 aliphatic rings. The van der Waals surface area contributed by atoms with Gasteiger partial charge in [-0.25, -0.2) is 4.98 Å². The largest absolute Gasteiger partial charge is 0.508 e. The van der Waals surface area contributed by atoms with Crippen LogP contribution in [0.2, 0.25) is 10.0 Å². The number of phenols is 1. The number of amides is 4. The smallest absolute Gasteiger partial charge is 0.417 e. The van der Waals surface area contributed by atoms with Gasteiger partial charge in [-0.2, -0.15) is 18.2 Å². The van der Waals surface area contributed by atoms with Crippen molar-refractivity contribution in [3.8, 4) is 11.5 Å². The lowest BCUT2D eigenvalue weighted by atomic mass is 9.48. The van der Waals surface area contributed by atoms with E-state index in [1.165, 1.54) is 49.6 Å². The van der Waals surface area contributed by atoms with Crippen LogP contribution < -0.4 is 15.1 Å². The average molecular weight is 844 g/mol. The van der Waals surface area contributed by atoms with Crippen LogP contribution in [-0.2, 0) is 37.2 Å². The first kappa shape index (κ1) is 38.5. The zero-order chi connectivity index (χ0) is 41.7. The fourth-order valence-corrected chi connectivity index (χ4v) is 10.0. The Bertz CT molecular complexity index is 2580. The summed E-state index contributed by atoms with van der Waals surface area (Å²) >= 11 is 12.7. The topological polar surface area (TPSA) is 146 Å². The fourth-order valence-electron chi connectivity index (χ4n) is 9.70. The van der Waals surface area contributed by atoms with Gasteiger partial charge >= 0.3 is 6.18 Å². The number of rotatable bonds is 6. The van der Waals surface area contributed by atoms with Crippen molar-refractivity contribution in [1.29, 1.82) is 0 Å². The van der Waals surface area contributed by atoms with E-state index in [0.29, 0.717) is 50.9 Å². The molecule has 6 unspecified atom stereocenters. The van der Waals surface area contributed by atoms with Crippen molar-refractivity contribution in [1.82, 2.24) is 9.99 Å². The SMILES string of the molecule is CC(=O)c1ccc(N2C(=O)C3CC=C4C(CC5C(=O)N(Nc6ncc(C(F)(F)F)cc6Cl)C(=O)C5(c5ccc(Cl)cc5)C4C4=COc5ccc(O)cc5C4)C3C2=O)cc1. The summed E-state index contributed by atoms with van der Waals surface area (Å²) in [4.78, 5) is 76.1. The number of phenolic OH excluding ortho intramolecular Hbond substituents is 1. The van der Waals surface area contributed by atoms with E-state index in [2.05, 4.69) is 10.4 Å². The number of carbonyl (C=O) groups excluding carboxylic acids is 5. The van der Waals surface area contributed by atoms with Crippen molar-refractivity contribution in [2.75, 3.05) is 10.3 Å². The van der Waals surface area contributed by atoms with Gasteiger partial charge < -0.3 is 9.84 Å². The van der Waals surface area contributed by atoms with Crippen LogP contribution in [0.4, 0.5) is 24.7 Å². The number of hydrogen-bond donors (Lipinski definition) is 2. The summed E-state index contributed by atoms with van der Waals surface area (Å²) in [6.07, 6.45) is -0.680. The molecule has 2 aliphatic carbocycles. The number of nitrogens with zero attached hydrogens (tertiary/aromatic N) is 3. The molecule has 1 aromatic heterocycles. The molecule has 4 aromatic rings. The third kappa shape index (κ3) is 5.94. The predicted octanol–water partition coefficient (Wildman–Crippen LogP) is 7.86. The number of aromatic hydroxyl groups is 1. The van der Waals surface area contributed by atoms with Crippen LogP contribution in [0, 0.1) is 29.6 Å². The van der Waals surface area contributed by atoms with Crippen LogP contribution in [0.25, 0.3) is 0 Å². The molecule has 16 heteroatoms. The number of imide groups is 2. The Morgan fingerprint density at radius 3 is 2.36 bits per heavy atom. The minimum absolute atomic E-state index is 0.0324. The van der Waals surface area contributed by atoms with Crippen LogP contribution >= 0.6 is 23.2 Å². The predicted molar refractivity (Wildman–Crippen MR) is 207 cm³/mol. The number of allylic oxidation sites excluding steroid dienone is 3. The van der Waals surface area contributed by atoms with Crippen molar-refractivity contribution < 1.29 is 47.0 Å². The normalized spacial score (nSPS) is 26.0. The molecule has 300 valence electrons. The van der Waals surface area contributed by atoms with Gasteiger partial charge in [-0.1, -0.05) is 47.0 Å². The molecule has 3 fully saturated rings. The summed E-state index contributed by atoms with van der Waals surface area (Å²) in [5.41, 5.74) is 2.52. The number of hydrogen-bond acceptors (Lipinski definition) is 9. The molecular weight excluding hydrogens is 812 g/mol. The molecule has 1 saturated carbocycles. The lowest BCUT2D eigenvalue weighted by Crippen LogP contribution is -2.55. The Labute approximate surface area is 344 Å². The zero-order valence-corrected chi connectivity index (χ0v) is 32.3. The van der Waals surface area contributed by atoms with Gasteiger partial charge in [0.05, 0.1) is 45.7 Å². The second kappa shape index (κ2) is 13.8. The Kier molecular flexibility index (Phi) is 9.01. The van der Waals surface area contributed by atoms with E-state index < -0.39 is 75.4 Å². The van der Waals surface area contributed by atoms with Crippen LogP contribution in [0.15, 0.2) is 102 Å². The maximum Gasteiger partial charge on any atom is 0.417 e. The summed E-state index contributed by atoms with van der Waals surface area (Å²) < 4.78 is 46.8. The number of aromatic nitrogens is 1. The first-order valence-corrected chi connectivity index (χ1v) is 19.3. The zero-order valence-electron chi connectivity index (χ0n) is 30.8. The first-order valence-electron chi connectivity index (χ1n) is 18.6. The van der Waals surface area contributed by atoms with E-state index in [1.54, 1.807) is 30.3 Å². The fraction of sp³-hybridized carbons (Fsp3) is 0.256. The van der Waals surface area contributed by atoms with Gasteiger partial charge in [0.2, 0.25) is 11.8 Å². The highest BCUT2D eigenvalue weighted by molar-refractivity contribution is 6.33. The molecule has 3 aromatic carbocycles. The number of Topliss-reactive ketones (excluding diaryl/α,β-unsaturated/α-hetero) is 1. The van der Waals surface area contributed by atoms with Gasteiger partial charge in [0, 0.05) is 34.7 Å². The Morgan fingerprint density at radius 1 is 0.949 bits per heavy atom. The molecule has 0 spiro atoms. The molecule has 3 aliphatic heterocycles. The first-order chi connectivity index (χ1) is 28.1. The van der Waals surface area contributed by atoms with E-state index in [4.69, 9.17) is 27.9 Å². The highest BCUT2D eigenvalue weighted by atomic mass is 35.5. The maximum atomic E-state index is 15.5. The van der Waals surface area contributed by atoms with Crippen molar-refractivity contribution in [2.45, 2.75) is 37.8 Å². The lowest BCUT2D eigenvalue weighted by molar-refractivity contribution is -0.139. The highest BCUT2D eigenvalue weighted by Crippen LogP contribution is 2.63. The molecule has 4 amide bonds. The summed E-state index contributed by atoms with van der Waals surface area (Å²) in [6.45, 7) is 1.40. The van der Waals surface area contributed by atoms with Crippen LogP contribution in [0.3, 0.4) is 0 Å². The van der Waals surface area contributed by atoms with E-state index in [0.717, 1.165) is 9.91 Å². The lowest BCUT2D eigenvalue weighted by Gasteiger charge is -2.51. The average Bonchev–Trinajstić information content (AvgIpc) is 3.58. The van der Waals surface area contributed by atoms with Crippen molar-refractivity contribution in [2.24, 2.45) is 29.6 Å². The number of pyridine rings is 1. The Hall–Kier alpha value is -5.99. The number of benzene rings is 3. The molecule has 4 heterocycles. The second-order valence-corrected chi connectivity index (χ2v) is 16.2. The quantitative estimate of drug-likeness (QED) is 0.113. The van der Waals surface area contributed by atoms with Gasteiger partial charge in [-0.15, -0.1) is 0 Å². The van der Waals surface area contributed by atoms with Crippen molar-refractivity contribution >= 4 is 64.1 Å². The van der Waals surface area contributed by atoms with E-state index in [9.17, 15) is 37.5 Å². The Morgan fingerprint density at radius 2 is 1.68 bits per heavy atom. The van der Waals surface area contributed by atoms with Gasteiger partial charge in [0.15, 0.2) is 11.6 Å². The molecule has 2 saturated heterocycles. The molecule has 6 atom stereocenters. The van der Waals surface area contributed by atoms with E-state index in [-0.39, 0.29) is 42.3 Å². The van der Waals surface area contributed by atoms with E-state index in [1.807, 2.05) is 6.08 Å². The van der Waals surface area contributed by atoms with Crippen LogP contribution in [0.1, 0.15) is 46.8 Å². The number of fused-ring (bicyclic) bond motifs is 5. The number of halogens is 5. The number of hydrazine groups is 1. The van der Waals surface area contributed by atoms with Gasteiger partial charge in [0.1, 0.15) is 11.5 Å². The number of ether oxygens (including phenoxy) is 1. The number of nitrogens with one attached hydrogen (secondary N) is 1. The van der Waals surface area contributed by atoms with Crippen LogP contribution in [-0.4, -0.2) is 44.5 Å². The Balaban J connectivity index is 1.20. The summed E-state index contributed by atoms with van der Waals surface area (Å²) in [5.74, 6) is -7.35. The molecular formula is C43H31Cl2F3N4O7. The molecule has 11 nitrogen and oxygen atoms in total. The summed E-state index contributed by atoms with van der Waals surface area (Å²) in [6, 6.07) is 17.8.